The standard InChI is InChI=1S/C23H39N3O.C4H9N/c1-5-13-23(2,3)18-27-17-21(24)20-12-11-19(16-22(20)25-4)26-14-9-7-6-8-10-15-26;1-2-4-5-3-1/h11-12,16,24-25H,5-10,13-15,17-18H2,1-4H3;5H,1-4H2. The van der Waals surface area contributed by atoms with Gasteiger partial charge in [-0.2, -0.15) is 0 Å². The van der Waals surface area contributed by atoms with E-state index in [0.29, 0.717) is 18.9 Å². The van der Waals surface area contributed by atoms with Crippen molar-refractivity contribution in [1.29, 1.82) is 5.41 Å². The zero-order chi connectivity index (χ0) is 23.2. The molecule has 3 rings (SSSR count). The summed E-state index contributed by atoms with van der Waals surface area (Å²) in [6.45, 7) is 12.5. The van der Waals surface area contributed by atoms with Gasteiger partial charge in [-0.15, -0.1) is 0 Å². The lowest BCUT2D eigenvalue weighted by atomic mass is 9.89. The Morgan fingerprint density at radius 1 is 1.06 bits per heavy atom. The lowest BCUT2D eigenvalue weighted by molar-refractivity contribution is 0.0810. The lowest BCUT2D eigenvalue weighted by Gasteiger charge is -2.28. The minimum absolute atomic E-state index is 0.177. The third-order valence-corrected chi connectivity index (χ3v) is 6.44. The molecular formula is C27H48N4O. The van der Waals surface area contributed by atoms with Crippen LogP contribution in [0.2, 0.25) is 0 Å². The van der Waals surface area contributed by atoms with Crippen molar-refractivity contribution in [2.45, 2.75) is 78.6 Å². The van der Waals surface area contributed by atoms with Crippen LogP contribution in [0, 0.1) is 10.8 Å². The van der Waals surface area contributed by atoms with E-state index in [1.165, 1.54) is 63.7 Å². The second-order valence-electron chi connectivity index (χ2n) is 10.1. The van der Waals surface area contributed by atoms with E-state index >= 15 is 0 Å². The van der Waals surface area contributed by atoms with Crippen molar-refractivity contribution >= 4 is 17.1 Å². The van der Waals surface area contributed by atoms with Gasteiger partial charge < -0.3 is 25.7 Å². The molecule has 3 N–H and O–H groups in total. The summed E-state index contributed by atoms with van der Waals surface area (Å²) in [7, 11) is 1.94. The number of hydrogen-bond donors (Lipinski definition) is 3. The van der Waals surface area contributed by atoms with Gasteiger partial charge in [-0.25, -0.2) is 0 Å². The molecule has 182 valence electrons. The Balaban J connectivity index is 0.000000636. The van der Waals surface area contributed by atoms with Gasteiger partial charge in [0.05, 0.1) is 18.9 Å². The van der Waals surface area contributed by atoms with E-state index in [9.17, 15) is 0 Å². The fourth-order valence-corrected chi connectivity index (χ4v) is 4.59. The molecule has 2 heterocycles. The summed E-state index contributed by atoms with van der Waals surface area (Å²) in [6.07, 6.45) is 11.7. The average Bonchev–Trinajstić information content (AvgIpc) is 3.33. The van der Waals surface area contributed by atoms with Crippen LogP contribution in [0.4, 0.5) is 11.4 Å². The first-order chi connectivity index (χ1) is 15.5. The van der Waals surface area contributed by atoms with E-state index in [4.69, 9.17) is 10.1 Å². The van der Waals surface area contributed by atoms with E-state index < -0.39 is 0 Å². The molecule has 5 heteroatoms. The first-order valence-electron chi connectivity index (χ1n) is 12.9. The van der Waals surface area contributed by atoms with Crippen molar-refractivity contribution in [2.24, 2.45) is 5.41 Å². The van der Waals surface area contributed by atoms with Crippen LogP contribution < -0.4 is 15.5 Å². The predicted molar refractivity (Wildman–Crippen MR) is 140 cm³/mol. The minimum Gasteiger partial charge on any atom is -0.388 e. The van der Waals surface area contributed by atoms with E-state index in [0.717, 1.165) is 37.2 Å². The van der Waals surface area contributed by atoms with Gasteiger partial charge in [-0.3, -0.25) is 0 Å². The van der Waals surface area contributed by atoms with E-state index in [1.807, 2.05) is 7.05 Å². The molecule has 0 saturated carbocycles. The van der Waals surface area contributed by atoms with Crippen molar-refractivity contribution in [3.63, 3.8) is 0 Å². The van der Waals surface area contributed by atoms with Gasteiger partial charge in [0.1, 0.15) is 0 Å². The molecule has 0 radical (unpaired) electrons. The second kappa shape index (κ2) is 14.5. The maximum Gasteiger partial charge on any atom is 0.0887 e. The third kappa shape index (κ3) is 9.50. The van der Waals surface area contributed by atoms with Crippen LogP contribution in [0.5, 0.6) is 0 Å². The van der Waals surface area contributed by atoms with Gasteiger partial charge in [0.15, 0.2) is 0 Å². The highest BCUT2D eigenvalue weighted by molar-refractivity contribution is 6.04. The summed E-state index contributed by atoms with van der Waals surface area (Å²) < 4.78 is 5.88. The second-order valence-corrected chi connectivity index (χ2v) is 10.1. The molecular weight excluding hydrogens is 396 g/mol. The Labute approximate surface area is 197 Å². The largest absolute Gasteiger partial charge is 0.388 e. The highest BCUT2D eigenvalue weighted by atomic mass is 16.5. The van der Waals surface area contributed by atoms with E-state index in [-0.39, 0.29) is 5.41 Å². The molecule has 2 aliphatic rings. The van der Waals surface area contributed by atoms with Gasteiger partial charge in [-0.1, -0.05) is 46.5 Å². The summed E-state index contributed by atoms with van der Waals surface area (Å²) in [4.78, 5) is 2.50. The van der Waals surface area contributed by atoms with Gasteiger partial charge >= 0.3 is 0 Å². The van der Waals surface area contributed by atoms with Gasteiger partial charge in [0.2, 0.25) is 0 Å². The van der Waals surface area contributed by atoms with Crippen LogP contribution in [0.1, 0.15) is 84.1 Å². The van der Waals surface area contributed by atoms with Crippen LogP contribution in [0.15, 0.2) is 18.2 Å². The third-order valence-electron chi connectivity index (χ3n) is 6.44. The first-order valence-corrected chi connectivity index (χ1v) is 12.9. The Morgan fingerprint density at radius 3 is 2.28 bits per heavy atom. The molecule has 5 nitrogen and oxygen atoms in total. The molecule has 0 aromatic heterocycles. The SMILES string of the molecule is C1CCNC1.CCCC(C)(C)COCC(=N)c1ccc(N2CCCCCCC2)cc1NC. The average molecular weight is 445 g/mol. The van der Waals surface area contributed by atoms with Gasteiger partial charge in [0, 0.05) is 37.1 Å². The summed E-state index contributed by atoms with van der Waals surface area (Å²) >= 11 is 0. The summed E-state index contributed by atoms with van der Waals surface area (Å²) in [5.41, 5.74) is 3.96. The molecule has 0 atom stereocenters. The molecule has 0 amide bonds. The van der Waals surface area contributed by atoms with Crippen LogP contribution in [-0.2, 0) is 4.74 Å². The van der Waals surface area contributed by atoms with Crippen molar-refractivity contribution in [1.82, 2.24) is 5.32 Å². The van der Waals surface area contributed by atoms with Gasteiger partial charge in [-0.05, 0) is 68.8 Å². The number of nitrogens with zero attached hydrogens (tertiary/aromatic N) is 1. The number of ether oxygens (including phenoxy) is 1. The van der Waals surface area contributed by atoms with E-state index in [2.05, 4.69) is 54.5 Å². The Kier molecular flexibility index (Phi) is 12.1. The summed E-state index contributed by atoms with van der Waals surface area (Å²) in [5, 5.41) is 15.0. The van der Waals surface area contributed by atoms with Crippen LogP contribution in [0.25, 0.3) is 0 Å². The zero-order valence-corrected chi connectivity index (χ0v) is 21.2. The molecule has 0 unspecified atom stereocenters. The maximum atomic E-state index is 8.48. The number of rotatable bonds is 9. The topological polar surface area (TPSA) is 60.4 Å². The molecule has 1 aromatic carbocycles. The summed E-state index contributed by atoms with van der Waals surface area (Å²) in [6, 6.07) is 6.46. The van der Waals surface area contributed by atoms with Crippen LogP contribution >= 0.6 is 0 Å². The van der Waals surface area contributed by atoms with Crippen LogP contribution in [-0.4, -0.2) is 52.2 Å². The number of anilines is 2. The lowest BCUT2D eigenvalue weighted by Crippen LogP contribution is -2.27. The molecule has 2 aliphatic heterocycles. The molecule has 0 aliphatic carbocycles. The molecule has 1 aromatic rings. The number of benzene rings is 1. The minimum atomic E-state index is 0.177. The monoisotopic (exact) mass is 444 g/mol. The normalized spacial score (nSPS) is 17.2. The Bertz CT molecular complexity index is 654. The highest BCUT2D eigenvalue weighted by Crippen LogP contribution is 2.27. The van der Waals surface area contributed by atoms with Crippen LogP contribution in [0.3, 0.4) is 0 Å². The van der Waals surface area contributed by atoms with Crippen molar-refractivity contribution in [3.05, 3.63) is 23.8 Å². The highest BCUT2D eigenvalue weighted by Gasteiger charge is 2.18. The predicted octanol–water partition coefficient (Wildman–Crippen LogP) is 6.08. The molecule has 2 saturated heterocycles. The smallest absolute Gasteiger partial charge is 0.0887 e. The fraction of sp³-hybridized carbons (Fsp3) is 0.741. The fourth-order valence-electron chi connectivity index (χ4n) is 4.59. The summed E-state index contributed by atoms with van der Waals surface area (Å²) in [5.74, 6) is 0. The number of hydrogen-bond acceptors (Lipinski definition) is 5. The number of nitrogens with one attached hydrogen (secondary N) is 3. The quantitative estimate of drug-likeness (QED) is 0.404. The molecule has 2 fully saturated rings. The Morgan fingerprint density at radius 2 is 1.72 bits per heavy atom. The first kappa shape index (κ1) is 26.7. The maximum absolute atomic E-state index is 8.48. The van der Waals surface area contributed by atoms with Crippen molar-refractivity contribution < 1.29 is 4.74 Å². The van der Waals surface area contributed by atoms with Crippen molar-refractivity contribution in [3.8, 4) is 0 Å². The van der Waals surface area contributed by atoms with E-state index in [1.54, 1.807) is 0 Å². The zero-order valence-electron chi connectivity index (χ0n) is 21.2. The molecule has 32 heavy (non-hydrogen) atoms. The molecule has 0 bridgehead atoms. The Hall–Kier alpha value is -1.59. The van der Waals surface area contributed by atoms with Gasteiger partial charge in [0.25, 0.3) is 0 Å². The van der Waals surface area contributed by atoms with Crippen molar-refractivity contribution in [2.75, 3.05) is 56.7 Å². The molecule has 0 spiro atoms.